The van der Waals surface area contributed by atoms with Crippen LogP contribution in [-0.2, 0) is 19.1 Å². The number of nitrogens with one attached hydrogen (secondary N) is 2. The first-order valence-corrected chi connectivity index (χ1v) is 44.0. The van der Waals surface area contributed by atoms with Crippen molar-refractivity contribution in [1.29, 1.82) is 0 Å². The van der Waals surface area contributed by atoms with Crippen molar-refractivity contribution in [3.8, 4) is 11.5 Å². The van der Waals surface area contributed by atoms with Crippen molar-refractivity contribution in [3.63, 3.8) is 0 Å². The Morgan fingerprint density at radius 3 is 0.808 bits per heavy atom. The number of piperazine rings is 3. The molecule has 0 bridgehead atoms. The third kappa shape index (κ3) is 61.5. The van der Waals surface area contributed by atoms with Gasteiger partial charge in [-0.05, 0) is 206 Å². The number of nitrogens with zero attached hydrogens (tertiary/aromatic N) is 5. The van der Waals surface area contributed by atoms with E-state index >= 15 is 0 Å². The third-order valence-electron chi connectivity index (χ3n) is 18.5. The molecule has 0 radical (unpaired) electrons. The Kier molecular flexibility index (Phi) is 69.0. The second-order valence-electron chi connectivity index (χ2n) is 29.7. The van der Waals surface area contributed by atoms with Gasteiger partial charge in [-0.25, -0.2) is 9.59 Å². The summed E-state index contributed by atoms with van der Waals surface area (Å²) >= 11 is 0. The SMILES string of the molecule is C1CCNCC1.CC/C=C\C/C=C\C/C=C\C/C=C\C/C=C\C/C=C\CCC(=O)N1CCN(C(=O)OC(C)(C)C)CC1.CC/C=C\C/C=C\C/C=C\C/C=C\C/C=C\C/C=C\CCC(=O)N1CCN(C(=O)c2ccccc2O)CC1.CC/C=C\C/C=C\C/C=C\C/C=C\C/C=C\C/C=C\CCC(=O)N1CCNCC1.Cl.O=C(O)c1ccccc1O. The molecule has 0 spiro atoms. The number of amides is 5. The van der Waals surface area contributed by atoms with Gasteiger partial charge in [0.1, 0.15) is 22.7 Å². The highest BCUT2D eigenvalue weighted by molar-refractivity contribution is 5.97. The van der Waals surface area contributed by atoms with E-state index in [2.05, 4.69) is 250 Å². The Morgan fingerprint density at radius 1 is 0.325 bits per heavy atom. The molecular formula is C102H150ClN7O10. The highest BCUT2D eigenvalue weighted by Gasteiger charge is 2.28. The largest absolute Gasteiger partial charge is 0.507 e. The van der Waals surface area contributed by atoms with Crippen molar-refractivity contribution in [2.45, 2.75) is 221 Å². The fraction of sp³-hybridized carbons (Fsp3) is 0.471. The van der Waals surface area contributed by atoms with Crippen molar-refractivity contribution < 1.29 is 48.8 Å². The van der Waals surface area contributed by atoms with Gasteiger partial charge in [0.05, 0.1) is 5.56 Å². The molecule has 2 aromatic rings. The molecule has 4 aliphatic heterocycles. The molecule has 4 fully saturated rings. The molecule has 0 unspecified atom stereocenters. The van der Waals surface area contributed by atoms with Crippen LogP contribution < -0.4 is 10.6 Å². The fourth-order valence-electron chi connectivity index (χ4n) is 11.8. The number of hydrogen-bond acceptors (Lipinski definition) is 11. The number of carbonyl (C=O) groups excluding carboxylic acids is 5. The zero-order chi connectivity index (χ0) is 86.4. The number of halogens is 1. The topological polar surface area (TPSA) is 213 Å². The van der Waals surface area contributed by atoms with Crippen LogP contribution in [0, 0.1) is 0 Å². The second-order valence-corrected chi connectivity index (χ2v) is 29.7. The summed E-state index contributed by atoms with van der Waals surface area (Å²) in [6.45, 7) is 22.3. The molecule has 120 heavy (non-hydrogen) atoms. The van der Waals surface area contributed by atoms with Gasteiger partial charge in [-0.1, -0.05) is 270 Å². The summed E-state index contributed by atoms with van der Waals surface area (Å²) < 4.78 is 5.40. The summed E-state index contributed by atoms with van der Waals surface area (Å²) in [5.41, 5.74) is -0.254. The number of phenolic OH excluding ortho intramolecular Hbond substituents is 1. The zero-order valence-corrected chi connectivity index (χ0v) is 74.6. The molecule has 2 aromatic carbocycles. The van der Waals surface area contributed by atoms with E-state index < -0.39 is 11.6 Å². The van der Waals surface area contributed by atoms with Gasteiger partial charge < -0.3 is 55.2 Å². The number of benzene rings is 2. The highest BCUT2D eigenvalue weighted by Crippen LogP contribution is 2.20. The Labute approximate surface area is 729 Å². The second kappa shape index (κ2) is 76.6. The molecule has 4 saturated heterocycles. The van der Waals surface area contributed by atoms with E-state index in [0.717, 1.165) is 161 Å². The number of phenols is 2. The van der Waals surface area contributed by atoms with Gasteiger partial charge in [0, 0.05) is 97.8 Å². The van der Waals surface area contributed by atoms with Gasteiger partial charge in [-0.15, -0.1) is 12.4 Å². The number of carbonyl (C=O) groups is 6. The fourth-order valence-corrected chi connectivity index (χ4v) is 11.8. The predicted octanol–water partition coefficient (Wildman–Crippen LogP) is 22.9. The average molecular weight is 1670 g/mol. The molecule has 660 valence electrons. The first-order valence-electron chi connectivity index (χ1n) is 44.0. The number of carboxylic acid groups (broad SMARTS) is 1. The minimum Gasteiger partial charge on any atom is -0.507 e. The van der Waals surface area contributed by atoms with Crippen LogP contribution in [-0.4, -0.2) is 173 Å². The lowest BCUT2D eigenvalue weighted by Gasteiger charge is -2.35. The van der Waals surface area contributed by atoms with Crippen LogP contribution >= 0.6 is 12.4 Å². The zero-order valence-electron chi connectivity index (χ0n) is 73.7. The number of rotatable bonds is 44. The monoisotopic (exact) mass is 1670 g/mol. The predicted molar refractivity (Wildman–Crippen MR) is 506 cm³/mol. The van der Waals surface area contributed by atoms with Crippen molar-refractivity contribution in [3.05, 3.63) is 278 Å². The van der Waals surface area contributed by atoms with E-state index in [-0.39, 0.29) is 59.2 Å². The Morgan fingerprint density at radius 2 is 0.567 bits per heavy atom. The summed E-state index contributed by atoms with van der Waals surface area (Å²) in [6.07, 6.45) is 104. The molecule has 17 nitrogen and oxygen atoms in total. The van der Waals surface area contributed by atoms with Crippen LogP contribution in [0.3, 0.4) is 0 Å². The molecule has 0 saturated carbocycles. The molecule has 6 rings (SSSR count). The lowest BCUT2D eigenvalue weighted by Crippen LogP contribution is -2.51. The molecule has 0 atom stereocenters. The lowest BCUT2D eigenvalue weighted by molar-refractivity contribution is -0.133. The van der Waals surface area contributed by atoms with E-state index in [0.29, 0.717) is 77.2 Å². The van der Waals surface area contributed by atoms with Gasteiger partial charge in [-0.3, -0.25) is 19.2 Å². The first-order chi connectivity index (χ1) is 58.0. The first kappa shape index (κ1) is 108. The van der Waals surface area contributed by atoms with Gasteiger partial charge in [0.2, 0.25) is 17.7 Å². The normalized spacial score (nSPS) is 15.3. The third-order valence-corrected chi connectivity index (χ3v) is 18.5. The highest BCUT2D eigenvalue weighted by atomic mass is 35.5. The Hall–Kier alpha value is -9.81. The summed E-state index contributed by atoms with van der Waals surface area (Å²) in [7, 11) is 0. The summed E-state index contributed by atoms with van der Waals surface area (Å²) in [5, 5.41) is 33.8. The van der Waals surface area contributed by atoms with Gasteiger partial charge in [0.15, 0.2) is 0 Å². The number of para-hydroxylation sites is 2. The van der Waals surface area contributed by atoms with Crippen LogP contribution in [0.15, 0.2) is 267 Å². The summed E-state index contributed by atoms with van der Waals surface area (Å²) in [4.78, 5) is 80.9. The van der Waals surface area contributed by atoms with Crippen molar-refractivity contribution in [2.75, 3.05) is 91.6 Å². The minimum atomic E-state index is -1.11. The molecule has 5 amide bonds. The molecule has 0 aliphatic carbocycles. The molecule has 0 aromatic heterocycles. The van der Waals surface area contributed by atoms with Crippen molar-refractivity contribution in [1.82, 2.24) is 35.1 Å². The lowest BCUT2D eigenvalue weighted by atomic mass is 10.1. The van der Waals surface area contributed by atoms with Crippen LogP contribution in [0.2, 0.25) is 0 Å². The van der Waals surface area contributed by atoms with Crippen LogP contribution in [0.4, 0.5) is 4.79 Å². The Bertz CT molecular complexity index is 3610. The Balaban J connectivity index is 0.000000820. The maximum absolute atomic E-state index is 12.6. The average Bonchev–Trinajstić information content (AvgIpc) is 0.827. The van der Waals surface area contributed by atoms with Gasteiger partial charge in [0.25, 0.3) is 5.91 Å². The van der Waals surface area contributed by atoms with E-state index in [1.165, 1.54) is 50.6 Å². The van der Waals surface area contributed by atoms with E-state index in [4.69, 9.17) is 14.9 Å². The van der Waals surface area contributed by atoms with Gasteiger partial charge in [-0.2, -0.15) is 0 Å². The van der Waals surface area contributed by atoms with Crippen molar-refractivity contribution in [2.24, 2.45) is 0 Å². The maximum Gasteiger partial charge on any atom is 0.410 e. The number of aromatic hydroxyl groups is 2. The molecular weight excluding hydrogens is 1520 g/mol. The molecule has 4 aliphatic rings. The smallest absolute Gasteiger partial charge is 0.410 e. The number of ether oxygens (including phenoxy) is 1. The van der Waals surface area contributed by atoms with Crippen molar-refractivity contribution >= 4 is 48.1 Å². The van der Waals surface area contributed by atoms with Crippen LogP contribution in [0.25, 0.3) is 0 Å². The van der Waals surface area contributed by atoms with E-state index in [1.807, 2.05) is 35.5 Å². The number of allylic oxidation sites excluding steroid dienone is 36. The minimum absolute atomic E-state index is 0. The quantitative estimate of drug-likeness (QED) is 0.0392. The van der Waals surface area contributed by atoms with E-state index in [9.17, 15) is 33.9 Å². The summed E-state index contributed by atoms with van der Waals surface area (Å²) in [5.74, 6) is -0.947. The standard InChI is InChI=1S/C33H44N2O3.C31H48N2O3.C26H40N2O.C7H6O3.C5H11N.ClH/c1-2-3-4-5-6-7-8-9-10-11-12-13-14-15-16-17-18-19-20-25-32(37)34-26-28-35(29-27-34)33(38)30-23-21-22-24-31(30)36;1-5-6-7-8-9-10-11-12-13-14-15-16-17-18-19-20-21-22-23-24-29(34)32-25-27-33(28-26-32)30(35)36-31(2,3)4;1-2-3-4-5-6-7-8-9-10-11-12-13-14-15-16-17-18-19-20-21-26(29)28-24-22-27-23-25-28;8-6-4-2-1-3-5(6)7(9)10;1-2-4-6-5-3-1;/h3-4,6-7,9-10,12-13,15-16,18-19,21-24,36H,2,5,8,11,14,17,20,25-29H2,1H3;6-7,9-10,12-13,15-16,18-19,21-22H,5,8,11,14,17,20,23-28H2,1-4H3;3-4,6-7,9-10,12-13,15-16,18-19,27H,2,5,8,11,14,17,20-25H2,1H3;1-4,8H,(H,9,10);6H,1-5H2;1H/b4-3-,7-6-,10-9-,13-12-,16-15-,19-18-;7-6-,10-9-,13-12-,16-15-,19-18-,22-21-;4-3-,7-6-,10-9-,13-12-,16-15-,19-18-;;;. The van der Waals surface area contributed by atoms with Crippen LogP contribution in [0.5, 0.6) is 11.5 Å². The number of hydrogen-bond donors (Lipinski definition) is 5. The number of piperidine rings is 1. The number of aromatic carboxylic acids is 1. The molecule has 4 heterocycles. The molecule has 5 N–H and O–H groups in total. The maximum atomic E-state index is 12.6. The summed E-state index contributed by atoms with van der Waals surface area (Å²) in [6, 6.07) is 12.4. The van der Waals surface area contributed by atoms with E-state index in [1.54, 1.807) is 40.1 Å². The van der Waals surface area contributed by atoms with Crippen LogP contribution in [0.1, 0.15) is 236 Å². The number of carboxylic acids is 1. The molecule has 18 heteroatoms. The van der Waals surface area contributed by atoms with Gasteiger partial charge >= 0.3 is 12.1 Å².